The summed E-state index contributed by atoms with van der Waals surface area (Å²) in [5.41, 5.74) is 3.00. The van der Waals surface area contributed by atoms with Crippen LogP contribution in [0.2, 0.25) is 0 Å². The van der Waals surface area contributed by atoms with E-state index in [4.69, 9.17) is 4.74 Å². The van der Waals surface area contributed by atoms with Crippen LogP contribution in [-0.2, 0) is 6.42 Å². The van der Waals surface area contributed by atoms with Gasteiger partial charge in [-0.1, -0.05) is 18.2 Å². The zero-order chi connectivity index (χ0) is 25.5. The van der Waals surface area contributed by atoms with Crippen molar-refractivity contribution in [3.63, 3.8) is 0 Å². The third-order valence-electron chi connectivity index (χ3n) is 8.17. The Hall–Kier alpha value is -2.88. The standard InChI is InChI=1S/C23H24FN5O2.C5H11N/c1-31-23-27-21-17(22(28-23)29-10-12-5-6-13(11-29)26-12)9-25-20(19(21)24)16-4-2-3-15-14(16)7-8-18(15)30;1-6-4-2-3-5-6/h2-4,9,12-13,18,26,30H,5-8,10-11H2,1H3;2-5H2,1H3. The van der Waals surface area contributed by atoms with Gasteiger partial charge >= 0.3 is 6.01 Å². The maximum atomic E-state index is 15.8. The zero-order valence-electron chi connectivity index (χ0n) is 21.6. The summed E-state index contributed by atoms with van der Waals surface area (Å²) in [6, 6.07) is 6.60. The lowest BCUT2D eigenvalue weighted by molar-refractivity contribution is 0.180. The molecule has 3 aliphatic heterocycles. The van der Waals surface area contributed by atoms with E-state index in [0.717, 1.165) is 37.1 Å². The highest BCUT2D eigenvalue weighted by Crippen LogP contribution is 2.39. The Morgan fingerprint density at radius 2 is 1.84 bits per heavy atom. The number of benzene rings is 1. The quantitative estimate of drug-likeness (QED) is 0.559. The molecule has 2 aromatic heterocycles. The smallest absolute Gasteiger partial charge is 0.318 e. The zero-order valence-corrected chi connectivity index (χ0v) is 21.6. The number of nitrogens with one attached hydrogen (secondary N) is 1. The van der Waals surface area contributed by atoms with Crippen LogP contribution in [-0.4, -0.2) is 77.4 Å². The molecule has 3 saturated heterocycles. The minimum Gasteiger partial charge on any atom is -0.467 e. The van der Waals surface area contributed by atoms with E-state index in [0.29, 0.717) is 41.7 Å². The van der Waals surface area contributed by atoms with Crippen molar-refractivity contribution in [1.82, 2.24) is 25.2 Å². The molecule has 5 heterocycles. The molecule has 4 aliphatic rings. The largest absolute Gasteiger partial charge is 0.467 e. The summed E-state index contributed by atoms with van der Waals surface area (Å²) >= 11 is 0. The number of halogens is 1. The van der Waals surface area contributed by atoms with Crippen LogP contribution in [0.25, 0.3) is 22.2 Å². The molecule has 2 N–H and O–H groups in total. The van der Waals surface area contributed by atoms with Gasteiger partial charge in [-0.25, -0.2) is 4.39 Å². The molecule has 3 atom stereocenters. The Bertz CT molecular complexity index is 1290. The highest BCUT2D eigenvalue weighted by molar-refractivity contribution is 5.92. The summed E-state index contributed by atoms with van der Waals surface area (Å²) in [4.78, 5) is 18.0. The lowest BCUT2D eigenvalue weighted by Gasteiger charge is -2.34. The van der Waals surface area contributed by atoms with Crippen LogP contribution in [0.5, 0.6) is 6.01 Å². The van der Waals surface area contributed by atoms with Crippen LogP contribution in [0, 0.1) is 5.82 Å². The average molecular weight is 507 g/mol. The molecule has 0 saturated carbocycles. The summed E-state index contributed by atoms with van der Waals surface area (Å²) < 4.78 is 21.2. The molecule has 3 aromatic rings. The lowest BCUT2D eigenvalue weighted by Crippen LogP contribution is -2.51. The number of aromatic nitrogens is 3. The number of aliphatic hydroxyl groups is 1. The number of methoxy groups -OCH3 is 1. The van der Waals surface area contributed by atoms with Gasteiger partial charge in [0.15, 0.2) is 5.82 Å². The van der Waals surface area contributed by atoms with E-state index in [9.17, 15) is 5.11 Å². The van der Waals surface area contributed by atoms with Crippen molar-refractivity contribution in [2.45, 2.75) is 56.7 Å². The molecule has 0 spiro atoms. The number of fused-ring (bicyclic) bond motifs is 4. The molecule has 3 unspecified atom stereocenters. The normalized spacial score (nSPS) is 24.8. The molecule has 2 bridgehead atoms. The minimum absolute atomic E-state index is 0.151. The van der Waals surface area contributed by atoms with E-state index in [1.54, 1.807) is 6.20 Å². The van der Waals surface area contributed by atoms with Crippen LogP contribution in [0.1, 0.15) is 49.3 Å². The fourth-order valence-electron chi connectivity index (χ4n) is 6.24. The van der Waals surface area contributed by atoms with Crippen LogP contribution in [0.15, 0.2) is 24.4 Å². The minimum atomic E-state index is -0.504. The van der Waals surface area contributed by atoms with Crippen LogP contribution in [0.4, 0.5) is 10.2 Å². The Morgan fingerprint density at radius 1 is 1.08 bits per heavy atom. The molecular formula is C28H35FN6O2. The molecule has 0 radical (unpaired) electrons. The van der Waals surface area contributed by atoms with Gasteiger partial charge < -0.3 is 25.0 Å². The number of aliphatic hydroxyl groups excluding tert-OH is 1. The predicted octanol–water partition coefficient (Wildman–Crippen LogP) is 3.47. The van der Waals surface area contributed by atoms with Crippen molar-refractivity contribution < 1.29 is 14.2 Å². The lowest BCUT2D eigenvalue weighted by atomic mass is 9.99. The van der Waals surface area contributed by atoms with Crippen molar-refractivity contribution in [2.24, 2.45) is 0 Å². The number of likely N-dealkylation sites (tertiary alicyclic amines) is 1. The van der Waals surface area contributed by atoms with Gasteiger partial charge in [-0.2, -0.15) is 9.97 Å². The van der Waals surface area contributed by atoms with Crippen molar-refractivity contribution in [3.05, 3.63) is 41.3 Å². The summed E-state index contributed by atoms with van der Waals surface area (Å²) in [6.45, 7) is 4.28. The fraction of sp³-hybridized carbons (Fsp3) is 0.536. The number of piperazine rings is 1. The number of pyridine rings is 1. The third kappa shape index (κ3) is 4.64. The monoisotopic (exact) mass is 506 g/mol. The van der Waals surface area contributed by atoms with Crippen LogP contribution in [0.3, 0.4) is 0 Å². The van der Waals surface area contributed by atoms with Crippen molar-refractivity contribution in [2.75, 3.05) is 45.2 Å². The number of rotatable bonds is 3. The van der Waals surface area contributed by atoms with Crippen molar-refractivity contribution >= 4 is 16.7 Å². The Balaban J connectivity index is 0.000000372. The van der Waals surface area contributed by atoms with Gasteiger partial charge in [0.25, 0.3) is 0 Å². The van der Waals surface area contributed by atoms with Gasteiger partial charge in [0.1, 0.15) is 17.0 Å². The first-order valence-corrected chi connectivity index (χ1v) is 13.4. The van der Waals surface area contributed by atoms with Gasteiger partial charge in [0.2, 0.25) is 0 Å². The van der Waals surface area contributed by atoms with Crippen molar-refractivity contribution in [3.8, 4) is 17.3 Å². The highest BCUT2D eigenvalue weighted by Gasteiger charge is 2.34. The van der Waals surface area contributed by atoms with Gasteiger partial charge in [-0.15, -0.1) is 0 Å². The fourth-order valence-corrected chi connectivity index (χ4v) is 6.24. The summed E-state index contributed by atoms with van der Waals surface area (Å²) in [6.07, 6.45) is 7.63. The van der Waals surface area contributed by atoms with E-state index >= 15 is 4.39 Å². The Morgan fingerprint density at radius 3 is 2.51 bits per heavy atom. The molecule has 3 fully saturated rings. The number of hydrogen-bond donors (Lipinski definition) is 2. The summed E-state index contributed by atoms with van der Waals surface area (Å²) in [7, 11) is 3.67. The number of ether oxygens (including phenoxy) is 1. The highest BCUT2D eigenvalue weighted by atomic mass is 19.1. The molecule has 0 amide bonds. The molecule has 1 aromatic carbocycles. The van der Waals surface area contributed by atoms with E-state index < -0.39 is 11.9 Å². The number of hydrogen-bond acceptors (Lipinski definition) is 8. The maximum Gasteiger partial charge on any atom is 0.318 e. The van der Waals surface area contributed by atoms with E-state index in [2.05, 4.69) is 37.1 Å². The van der Waals surface area contributed by atoms with Crippen LogP contribution >= 0.6 is 0 Å². The van der Waals surface area contributed by atoms with Gasteiger partial charge in [-0.3, -0.25) is 4.98 Å². The van der Waals surface area contributed by atoms with E-state index in [1.165, 1.54) is 33.0 Å². The SMILES string of the molecule is CN1CCCC1.COc1nc(N2CC3CCC(C2)N3)c2cnc(-c3cccc4c3CCC4O)c(F)c2n1. The Labute approximate surface area is 216 Å². The first-order chi connectivity index (χ1) is 18.0. The van der Waals surface area contributed by atoms with Crippen molar-refractivity contribution in [1.29, 1.82) is 0 Å². The maximum absolute atomic E-state index is 15.8. The summed E-state index contributed by atoms with van der Waals surface area (Å²) in [5.74, 6) is 0.194. The molecule has 1 aliphatic carbocycles. The third-order valence-corrected chi connectivity index (χ3v) is 8.17. The topological polar surface area (TPSA) is 86.6 Å². The summed E-state index contributed by atoms with van der Waals surface area (Å²) in [5, 5.41) is 14.4. The molecule has 9 heteroatoms. The van der Waals surface area contributed by atoms with Crippen LogP contribution < -0.4 is 15.0 Å². The first-order valence-electron chi connectivity index (χ1n) is 13.4. The second-order valence-electron chi connectivity index (χ2n) is 10.7. The second-order valence-corrected chi connectivity index (χ2v) is 10.7. The second kappa shape index (κ2) is 10.1. The Kier molecular flexibility index (Phi) is 6.69. The molecule has 37 heavy (non-hydrogen) atoms. The molecule has 8 nitrogen and oxygen atoms in total. The number of anilines is 1. The first kappa shape index (κ1) is 24.5. The molecular weight excluding hydrogens is 471 g/mol. The van der Waals surface area contributed by atoms with Gasteiger partial charge in [0.05, 0.1) is 18.6 Å². The predicted molar refractivity (Wildman–Crippen MR) is 141 cm³/mol. The van der Waals surface area contributed by atoms with Gasteiger partial charge in [0, 0.05) is 36.9 Å². The molecule has 196 valence electrons. The average Bonchev–Trinajstić information content (AvgIpc) is 3.64. The molecule has 7 rings (SSSR count). The number of nitrogens with zero attached hydrogens (tertiary/aromatic N) is 5. The van der Waals surface area contributed by atoms with E-state index in [-0.39, 0.29) is 17.2 Å². The van der Waals surface area contributed by atoms with Gasteiger partial charge in [-0.05, 0) is 69.8 Å². The van der Waals surface area contributed by atoms with E-state index in [1.807, 2.05) is 18.2 Å².